The van der Waals surface area contributed by atoms with E-state index in [1.165, 1.54) is 12.4 Å². The van der Waals surface area contributed by atoms with Gasteiger partial charge in [0.15, 0.2) is 0 Å². The van der Waals surface area contributed by atoms with Crippen LogP contribution in [0.4, 0.5) is 0 Å². The van der Waals surface area contributed by atoms with Crippen LogP contribution in [0.2, 0.25) is 0 Å². The molecular weight excluding hydrogens is 548 g/mol. The summed E-state index contributed by atoms with van der Waals surface area (Å²) in [6.07, 6.45) is 2.59. The molecule has 164 valence electrons. The Balaban J connectivity index is 0.000000182. The van der Waals surface area contributed by atoms with E-state index in [9.17, 15) is 19.2 Å². The van der Waals surface area contributed by atoms with Gasteiger partial charge in [0.05, 0.1) is 6.61 Å². The average molecular weight is 564 g/mol. The molecule has 0 atom stereocenters. The van der Waals surface area contributed by atoms with E-state index >= 15 is 0 Å². The summed E-state index contributed by atoms with van der Waals surface area (Å²) in [4.78, 5) is 51.7. The Hall–Kier alpha value is -3.24. The first-order valence-corrected chi connectivity index (χ1v) is 10.8. The highest BCUT2D eigenvalue weighted by Gasteiger charge is 2.14. The van der Waals surface area contributed by atoms with Gasteiger partial charge >= 0.3 is 11.9 Å². The average Bonchev–Trinajstić information content (AvgIpc) is 2.75. The number of hydrogen-bond donors (Lipinski definition) is 3. The summed E-state index contributed by atoms with van der Waals surface area (Å²) in [6.45, 7) is 1.94. The van der Waals surface area contributed by atoms with Gasteiger partial charge in [0.25, 0.3) is 0 Å². The number of ether oxygens (including phenoxy) is 1. The van der Waals surface area contributed by atoms with Crippen LogP contribution in [-0.4, -0.2) is 33.6 Å². The van der Waals surface area contributed by atoms with E-state index < -0.39 is 17.4 Å². The molecular formula is C22H16Br2N2O6. The van der Waals surface area contributed by atoms with Crippen molar-refractivity contribution >= 4 is 65.6 Å². The number of H-pyrrole nitrogens is 2. The molecule has 0 unspecified atom stereocenters. The van der Waals surface area contributed by atoms with Crippen LogP contribution < -0.4 is 10.9 Å². The molecule has 3 N–H and O–H groups in total. The number of fused-ring (bicyclic) bond motifs is 2. The summed E-state index contributed by atoms with van der Waals surface area (Å²) in [5.41, 5.74) is 0.286. The van der Waals surface area contributed by atoms with Crippen molar-refractivity contribution in [2.24, 2.45) is 0 Å². The maximum Gasteiger partial charge on any atom is 0.343 e. The number of rotatable bonds is 3. The number of aromatic carboxylic acids is 1. The second-order valence-corrected chi connectivity index (χ2v) is 8.30. The van der Waals surface area contributed by atoms with E-state index in [2.05, 4.69) is 41.8 Å². The van der Waals surface area contributed by atoms with Gasteiger partial charge in [-0.2, -0.15) is 0 Å². The zero-order valence-electron chi connectivity index (χ0n) is 16.6. The fraction of sp³-hybridized carbons (Fsp3) is 0.0909. The van der Waals surface area contributed by atoms with Gasteiger partial charge in [-0.25, -0.2) is 9.59 Å². The van der Waals surface area contributed by atoms with Crippen molar-refractivity contribution in [2.75, 3.05) is 6.61 Å². The van der Waals surface area contributed by atoms with Gasteiger partial charge in [0.2, 0.25) is 10.9 Å². The molecule has 0 fully saturated rings. The quantitative estimate of drug-likeness (QED) is 0.316. The van der Waals surface area contributed by atoms with Crippen LogP contribution in [0.5, 0.6) is 0 Å². The Kier molecular flexibility index (Phi) is 7.26. The number of carbonyl (C=O) groups is 2. The number of halogens is 2. The summed E-state index contributed by atoms with van der Waals surface area (Å²) in [5.74, 6) is -1.83. The van der Waals surface area contributed by atoms with Gasteiger partial charge in [-0.1, -0.05) is 31.9 Å². The first-order valence-electron chi connectivity index (χ1n) is 9.25. The highest BCUT2D eigenvalue weighted by Crippen LogP contribution is 2.16. The molecule has 0 radical (unpaired) electrons. The summed E-state index contributed by atoms with van der Waals surface area (Å²) in [6, 6.07) is 10.4. The van der Waals surface area contributed by atoms with Crippen LogP contribution in [-0.2, 0) is 4.74 Å². The number of aromatic nitrogens is 2. The van der Waals surface area contributed by atoms with Crippen LogP contribution in [0.15, 0.2) is 67.3 Å². The molecule has 10 heteroatoms. The molecule has 0 aliphatic heterocycles. The van der Waals surface area contributed by atoms with Crippen molar-refractivity contribution in [2.45, 2.75) is 6.92 Å². The van der Waals surface area contributed by atoms with Crippen LogP contribution in [0.25, 0.3) is 21.8 Å². The number of hydrogen-bond acceptors (Lipinski definition) is 5. The maximum absolute atomic E-state index is 12.1. The van der Waals surface area contributed by atoms with Crippen molar-refractivity contribution in [1.82, 2.24) is 9.97 Å². The van der Waals surface area contributed by atoms with Crippen LogP contribution in [0, 0.1) is 0 Å². The molecule has 2 aromatic heterocycles. The third-order valence-electron chi connectivity index (χ3n) is 4.41. The molecule has 4 rings (SSSR count). The van der Waals surface area contributed by atoms with Gasteiger partial charge in [-0.3, -0.25) is 9.59 Å². The first kappa shape index (κ1) is 23.4. The minimum absolute atomic E-state index is 0.0254. The predicted molar refractivity (Wildman–Crippen MR) is 127 cm³/mol. The van der Waals surface area contributed by atoms with E-state index in [0.29, 0.717) is 21.8 Å². The number of benzene rings is 2. The third-order valence-corrected chi connectivity index (χ3v) is 5.40. The predicted octanol–water partition coefficient (Wildman–Crippen LogP) is 4.46. The van der Waals surface area contributed by atoms with E-state index in [0.717, 1.165) is 8.95 Å². The number of aromatic amines is 2. The molecule has 0 spiro atoms. The summed E-state index contributed by atoms with van der Waals surface area (Å²) in [5, 5.41) is 9.59. The van der Waals surface area contributed by atoms with Crippen molar-refractivity contribution in [3.8, 4) is 0 Å². The van der Waals surface area contributed by atoms with Gasteiger partial charge < -0.3 is 19.8 Å². The van der Waals surface area contributed by atoms with Crippen molar-refractivity contribution in [3.63, 3.8) is 0 Å². The van der Waals surface area contributed by atoms with E-state index in [-0.39, 0.29) is 23.2 Å². The lowest BCUT2D eigenvalue weighted by atomic mass is 10.1. The normalized spacial score (nSPS) is 10.5. The zero-order valence-corrected chi connectivity index (χ0v) is 19.7. The van der Waals surface area contributed by atoms with Gasteiger partial charge in [0.1, 0.15) is 11.1 Å². The Morgan fingerprint density at radius 2 is 1.34 bits per heavy atom. The summed E-state index contributed by atoms with van der Waals surface area (Å²) < 4.78 is 6.34. The molecule has 0 aliphatic carbocycles. The number of carboxylic acid groups (broad SMARTS) is 1. The zero-order chi connectivity index (χ0) is 23.4. The fourth-order valence-electron chi connectivity index (χ4n) is 2.90. The van der Waals surface area contributed by atoms with Crippen molar-refractivity contribution < 1.29 is 19.4 Å². The number of carboxylic acids is 1. The molecule has 0 bridgehead atoms. The van der Waals surface area contributed by atoms with E-state index in [1.54, 1.807) is 37.3 Å². The lowest BCUT2D eigenvalue weighted by molar-refractivity contribution is 0.0524. The monoisotopic (exact) mass is 562 g/mol. The largest absolute Gasteiger partial charge is 0.477 e. The second-order valence-electron chi connectivity index (χ2n) is 6.47. The standard InChI is InChI=1S/C12H10BrNO3.C10H6BrNO3/c1-2-17-12(16)9-6-14-10-4-3-7(13)5-8(10)11(9)15;11-5-1-2-8-6(3-5)9(13)7(4-12-8)10(14)15/h3-6H,2H2,1H3,(H,14,15);1-4H,(H,12,13)(H,14,15). The fourth-order valence-corrected chi connectivity index (χ4v) is 3.62. The SMILES string of the molecule is CCOC(=O)c1c[nH]c2ccc(Br)cc2c1=O.O=C(O)c1c[nH]c2ccc(Br)cc2c1=O. The lowest BCUT2D eigenvalue weighted by Crippen LogP contribution is -2.18. The first-order chi connectivity index (χ1) is 15.2. The number of nitrogens with one attached hydrogen (secondary N) is 2. The smallest absolute Gasteiger partial charge is 0.343 e. The molecule has 0 amide bonds. The number of carbonyl (C=O) groups excluding carboxylic acids is 1. The van der Waals surface area contributed by atoms with Gasteiger partial charge in [-0.05, 0) is 43.3 Å². The van der Waals surface area contributed by atoms with E-state index in [1.807, 2.05) is 6.07 Å². The third kappa shape index (κ3) is 4.97. The molecule has 0 aliphatic rings. The Labute approximate surface area is 197 Å². The lowest BCUT2D eigenvalue weighted by Gasteiger charge is -2.03. The highest BCUT2D eigenvalue weighted by atomic mass is 79.9. The van der Waals surface area contributed by atoms with Crippen molar-refractivity contribution in [3.05, 3.63) is 89.3 Å². The number of esters is 1. The maximum atomic E-state index is 12.1. The minimum atomic E-state index is -1.22. The summed E-state index contributed by atoms with van der Waals surface area (Å²) in [7, 11) is 0. The summed E-state index contributed by atoms with van der Waals surface area (Å²) >= 11 is 6.52. The Bertz CT molecular complexity index is 1460. The van der Waals surface area contributed by atoms with Crippen LogP contribution >= 0.6 is 31.9 Å². The molecule has 0 saturated carbocycles. The topological polar surface area (TPSA) is 129 Å². The highest BCUT2D eigenvalue weighted by molar-refractivity contribution is 9.10. The van der Waals surface area contributed by atoms with Crippen LogP contribution in [0.1, 0.15) is 27.6 Å². The molecule has 4 aromatic rings. The molecule has 2 aromatic carbocycles. The number of pyridine rings is 2. The van der Waals surface area contributed by atoms with E-state index in [4.69, 9.17) is 9.84 Å². The molecule has 8 nitrogen and oxygen atoms in total. The van der Waals surface area contributed by atoms with Gasteiger partial charge in [-0.15, -0.1) is 0 Å². The molecule has 2 heterocycles. The molecule has 32 heavy (non-hydrogen) atoms. The van der Waals surface area contributed by atoms with Crippen LogP contribution in [0.3, 0.4) is 0 Å². The Morgan fingerprint density at radius 3 is 1.81 bits per heavy atom. The van der Waals surface area contributed by atoms with Crippen molar-refractivity contribution in [1.29, 1.82) is 0 Å². The molecule has 0 saturated heterocycles. The Morgan fingerprint density at radius 1 is 0.875 bits per heavy atom. The van der Waals surface area contributed by atoms with Gasteiger partial charge in [0, 0.05) is 43.1 Å². The minimum Gasteiger partial charge on any atom is -0.477 e. The second kappa shape index (κ2) is 9.92.